The molecule has 1 saturated heterocycles. The summed E-state index contributed by atoms with van der Waals surface area (Å²) in [6.07, 6.45) is 0.110. The summed E-state index contributed by atoms with van der Waals surface area (Å²) >= 11 is 0. The monoisotopic (exact) mass is 353 g/mol. The van der Waals surface area contributed by atoms with E-state index in [1.54, 1.807) is 0 Å². The van der Waals surface area contributed by atoms with Gasteiger partial charge >= 0.3 is 6.09 Å². The van der Waals surface area contributed by atoms with Gasteiger partial charge in [0, 0.05) is 6.54 Å². The lowest BCUT2D eigenvalue weighted by Gasteiger charge is -2.38. The van der Waals surface area contributed by atoms with Crippen LogP contribution in [0.2, 0.25) is 18.1 Å². The number of carboxylic acid groups (broad SMARTS) is 1. The minimum Gasteiger partial charge on any atom is -0.465 e. The Morgan fingerprint density at radius 2 is 1.91 bits per heavy atom. The average molecular weight is 354 g/mol. The van der Waals surface area contributed by atoms with Crippen molar-refractivity contribution in [1.82, 2.24) is 4.90 Å². The van der Waals surface area contributed by atoms with Crippen LogP contribution in [-0.2, 0) is 18.7 Å². The Morgan fingerprint density at radius 1 is 1.36 bits per heavy atom. The zero-order valence-electron chi connectivity index (χ0n) is 14.1. The Hall–Kier alpha value is -0.643. The maximum absolute atomic E-state index is 11.3. The number of hydrogen-bond acceptors (Lipinski definition) is 5. The summed E-state index contributed by atoms with van der Waals surface area (Å²) in [6, 6.07) is -0.498. The van der Waals surface area contributed by atoms with E-state index in [1.165, 1.54) is 4.90 Å². The van der Waals surface area contributed by atoms with Crippen molar-refractivity contribution in [2.75, 3.05) is 19.4 Å². The number of amides is 1. The molecule has 0 radical (unpaired) electrons. The zero-order valence-corrected chi connectivity index (χ0v) is 15.9. The van der Waals surface area contributed by atoms with E-state index in [1.807, 2.05) is 0 Å². The minimum atomic E-state index is -3.59. The first-order chi connectivity index (χ1) is 9.73. The summed E-state index contributed by atoms with van der Waals surface area (Å²) in [6.45, 7) is 10.7. The minimum absolute atomic E-state index is 0.0302. The van der Waals surface area contributed by atoms with Crippen molar-refractivity contribution >= 4 is 24.5 Å². The fourth-order valence-corrected chi connectivity index (χ4v) is 3.91. The molecule has 1 aliphatic rings. The van der Waals surface area contributed by atoms with Gasteiger partial charge in [-0.2, -0.15) is 8.42 Å². The SMILES string of the molecule is CC(C)(C)[Si](C)(C)O[C@@H]1C[C@@H](COS(C)(=O)=O)N(C(=O)O)C1. The third kappa shape index (κ3) is 5.22. The fraction of sp³-hybridized carbons (Fsp3) is 0.923. The van der Waals surface area contributed by atoms with Gasteiger partial charge in [0.15, 0.2) is 8.32 Å². The molecule has 1 rings (SSSR count). The largest absolute Gasteiger partial charge is 0.465 e. The van der Waals surface area contributed by atoms with Crippen LogP contribution in [0.5, 0.6) is 0 Å². The van der Waals surface area contributed by atoms with E-state index in [0.717, 1.165) is 6.26 Å². The maximum Gasteiger partial charge on any atom is 0.407 e. The molecular weight excluding hydrogens is 326 g/mol. The first-order valence-corrected chi connectivity index (χ1v) is 12.0. The fourth-order valence-electron chi connectivity index (χ4n) is 2.15. The van der Waals surface area contributed by atoms with Crippen LogP contribution in [-0.4, -0.2) is 64.4 Å². The van der Waals surface area contributed by atoms with Crippen LogP contribution in [0.4, 0.5) is 4.79 Å². The van der Waals surface area contributed by atoms with Gasteiger partial charge in [0.05, 0.1) is 25.0 Å². The molecular formula is C13H27NO6SSi. The third-order valence-corrected chi connectivity index (χ3v) is 9.46. The molecule has 0 saturated carbocycles. The Morgan fingerprint density at radius 3 is 2.32 bits per heavy atom. The Balaban J connectivity index is 2.76. The normalized spacial score (nSPS) is 23.8. The van der Waals surface area contributed by atoms with Crippen molar-refractivity contribution in [1.29, 1.82) is 0 Å². The number of nitrogens with zero attached hydrogens (tertiary/aromatic N) is 1. The lowest BCUT2D eigenvalue weighted by molar-refractivity contribution is 0.121. The molecule has 0 aromatic heterocycles. The van der Waals surface area contributed by atoms with E-state index in [9.17, 15) is 18.3 Å². The van der Waals surface area contributed by atoms with Crippen molar-refractivity contribution in [3.8, 4) is 0 Å². The number of carbonyl (C=O) groups is 1. The van der Waals surface area contributed by atoms with Crippen LogP contribution in [0.15, 0.2) is 0 Å². The van der Waals surface area contributed by atoms with Gasteiger partial charge < -0.3 is 14.4 Å². The van der Waals surface area contributed by atoms with Gasteiger partial charge in [-0.3, -0.25) is 4.18 Å². The predicted molar refractivity (Wildman–Crippen MR) is 86.0 cm³/mol. The molecule has 130 valence electrons. The van der Waals surface area contributed by atoms with Gasteiger partial charge in [-0.15, -0.1) is 0 Å². The quantitative estimate of drug-likeness (QED) is 0.601. The van der Waals surface area contributed by atoms with Crippen molar-refractivity contribution < 1.29 is 26.9 Å². The highest BCUT2D eigenvalue weighted by molar-refractivity contribution is 7.85. The molecule has 0 unspecified atom stereocenters. The van der Waals surface area contributed by atoms with E-state index >= 15 is 0 Å². The smallest absolute Gasteiger partial charge is 0.407 e. The molecule has 1 amide bonds. The molecule has 0 aromatic carbocycles. The van der Waals surface area contributed by atoms with E-state index < -0.39 is 30.6 Å². The second-order valence-electron chi connectivity index (χ2n) is 7.31. The average Bonchev–Trinajstić information content (AvgIpc) is 2.66. The van der Waals surface area contributed by atoms with Gasteiger partial charge in [-0.05, 0) is 24.6 Å². The third-order valence-electron chi connectivity index (χ3n) is 4.36. The van der Waals surface area contributed by atoms with Crippen molar-refractivity contribution in [3.05, 3.63) is 0 Å². The molecule has 0 spiro atoms. The highest BCUT2D eigenvalue weighted by atomic mass is 32.2. The van der Waals surface area contributed by atoms with Crippen molar-refractivity contribution in [2.24, 2.45) is 0 Å². The van der Waals surface area contributed by atoms with Crippen LogP contribution in [0, 0.1) is 0 Å². The van der Waals surface area contributed by atoms with Crippen LogP contribution >= 0.6 is 0 Å². The topological polar surface area (TPSA) is 93.1 Å². The second-order valence-corrected chi connectivity index (χ2v) is 13.7. The lowest BCUT2D eigenvalue weighted by Crippen LogP contribution is -2.44. The molecule has 9 heteroatoms. The molecule has 1 heterocycles. The summed E-state index contributed by atoms with van der Waals surface area (Å²) < 4.78 is 33.2. The Kier molecular flexibility index (Phi) is 5.70. The molecule has 1 N–H and O–H groups in total. The van der Waals surface area contributed by atoms with Gasteiger partial charge in [0.1, 0.15) is 0 Å². The zero-order chi connectivity index (χ0) is 17.3. The van der Waals surface area contributed by atoms with Crippen molar-refractivity contribution in [2.45, 2.75) is 57.5 Å². The van der Waals surface area contributed by atoms with E-state index in [0.29, 0.717) is 6.42 Å². The Bertz CT molecular complexity index is 513. The van der Waals surface area contributed by atoms with Gasteiger partial charge in [-0.1, -0.05) is 20.8 Å². The van der Waals surface area contributed by atoms with E-state index in [-0.39, 0.29) is 24.3 Å². The lowest BCUT2D eigenvalue weighted by atomic mass is 10.2. The highest BCUT2D eigenvalue weighted by Crippen LogP contribution is 2.38. The summed E-state index contributed by atoms with van der Waals surface area (Å²) in [5, 5.41) is 9.30. The van der Waals surface area contributed by atoms with Crippen molar-refractivity contribution in [3.63, 3.8) is 0 Å². The van der Waals surface area contributed by atoms with E-state index in [2.05, 4.69) is 33.9 Å². The molecule has 2 atom stereocenters. The second kappa shape index (κ2) is 6.46. The van der Waals surface area contributed by atoms with Gasteiger partial charge in [0.25, 0.3) is 10.1 Å². The van der Waals surface area contributed by atoms with Crippen LogP contribution in [0.1, 0.15) is 27.2 Å². The first kappa shape index (κ1) is 19.4. The molecule has 1 fully saturated rings. The predicted octanol–water partition coefficient (Wildman–Crippen LogP) is 2.11. The summed E-state index contributed by atoms with van der Waals surface area (Å²) in [5.74, 6) is 0. The molecule has 1 aliphatic heterocycles. The summed E-state index contributed by atoms with van der Waals surface area (Å²) in [7, 11) is -5.59. The molecule has 7 nitrogen and oxygen atoms in total. The van der Waals surface area contributed by atoms with Crippen LogP contribution < -0.4 is 0 Å². The Labute approximate surface area is 133 Å². The molecule has 0 bridgehead atoms. The summed E-state index contributed by atoms with van der Waals surface area (Å²) in [5.41, 5.74) is 0. The highest BCUT2D eigenvalue weighted by Gasteiger charge is 2.43. The summed E-state index contributed by atoms with van der Waals surface area (Å²) in [4.78, 5) is 12.5. The van der Waals surface area contributed by atoms with E-state index in [4.69, 9.17) is 8.61 Å². The first-order valence-electron chi connectivity index (χ1n) is 7.25. The van der Waals surface area contributed by atoms with Gasteiger partial charge in [-0.25, -0.2) is 4.79 Å². The molecule has 0 aromatic rings. The van der Waals surface area contributed by atoms with Gasteiger partial charge in [0.2, 0.25) is 0 Å². The number of hydrogen-bond donors (Lipinski definition) is 1. The number of rotatable bonds is 5. The standard InChI is InChI=1S/C13H27NO6SSi/c1-13(2,3)22(5,6)20-11-7-10(9-19-21(4,17)18)14(8-11)12(15)16/h10-11H,7-9H2,1-6H3,(H,15,16)/t10-,11+/m0/s1. The number of likely N-dealkylation sites (tertiary alicyclic amines) is 1. The van der Waals surface area contributed by atoms with Crippen LogP contribution in [0.25, 0.3) is 0 Å². The van der Waals surface area contributed by atoms with Crippen LogP contribution in [0.3, 0.4) is 0 Å². The molecule has 22 heavy (non-hydrogen) atoms. The maximum atomic E-state index is 11.3. The molecule has 0 aliphatic carbocycles.